The lowest BCUT2D eigenvalue weighted by atomic mass is 9.98. The second-order valence-electron chi connectivity index (χ2n) is 5.20. The van der Waals surface area contributed by atoms with Gasteiger partial charge in [-0.15, -0.1) is 0 Å². The zero-order valence-corrected chi connectivity index (χ0v) is 11.8. The molecule has 116 valence electrons. The lowest BCUT2D eigenvalue weighted by Crippen LogP contribution is -2.52. The first-order valence-electron chi connectivity index (χ1n) is 6.78. The SMILES string of the molecule is CCO[C@]1(O)C[C@@H](n2cc([N+](=O)[O-])nc2C)[C@H]2CO[C@H]1O2. The number of rotatable bonds is 4. The summed E-state index contributed by atoms with van der Waals surface area (Å²) in [5, 5.41) is 21.4. The summed E-state index contributed by atoms with van der Waals surface area (Å²) in [5.41, 5.74) is 0. The highest BCUT2D eigenvalue weighted by atomic mass is 16.8. The van der Waals surface area contributed by atoms with Gasteiger partial charge in [0.05, 0.1) is 12.6 Å². The van der Waals surface area contributed by atoms with Crippen molar-refractivity contribution in [2.75, 3.05) is 13.2 Å². The molecule has 1 aromatic heterocycles. The molecule has 2 saturated heterocycles. The van der Waals surface area contributed by atoms with Crippen LogP contribution < -0.4 is 0 Å². The Labute approximate surface area is 120 Å². The predicted octanol–water partition coefficient (Wildman–Crippen LogP) is 0.511. The summed E-state index contributed by atoms with van der Waals surface area (Å²) >= 11 is 0. The van der Waals surface area contributed by atoms with E-state index in [0.29, 0.717) is 19.0 Å². The van der Waals surface area contributed by atoms with Gasteiger partial charge in [-0.1, -0.05) is 0 Å². The molecule has 4 atom stereocenters. The number of imidazole rings is 1. The van der Waals surface area contributed by atoms with E-state index in [1.54, 1.807) is 18.4 Å². The molecule has 3 heterocycles. The van der Waals surface area contributed by atoms with Gasteiger partial charge in [0.15, 0.2) is 0 Å². The third-order valence-electron chi connectivity index (χ3n) is 3.85. The van der Waals surface area contributed by atoms with E-state index >= 15 is 0 Å². The summed E-state index contributed by atoms with van der Waals surface area (Å²) in [6, 6.07) is -0.332. The van der Waals surface area contributed by atoms with Crippen LogP contribution in [0.3, 0.4) is 0 Å². The third-order valence-corrected chi connectivity index (χ3v) is 3.85. The van der Waals surface area contributed by atoms with Crippen LogP contribution in [0.5, 0.6) is 0 Å². The Morgan fingerprint density at radius 2 is 2.48 bits per heavy atom. The van der Waals surface area contributed by atoms with Crippen LogP contribution in [-0.4, -0.2) is 51.0 Å². The van der Waals surface area contributed by atoms with Crippen molar-refractivity contribution in [3.05, 3.63) is 22.1 Å². The first-order chi connectivity index (χ1) is 9.94. The fourth-order valence-corrected chi connectivity index (χ4v) is 2.93. The second kappa shape index (κ2) is 5.02. The van der Waals surface area contributed by atoms with E-state index in [2.05, 4.69) is 4.98 Å². The number of ether oxygens (including phenoxy) is 3. The lowest BCUT2D eigenvalue weighted by molar-refractivity contribution is -0.389. The van der Waals surface area contributed by atoms with Crippen molar-refractivity contribution < 1.29 is 24.2 Å². The van der Waals surface area contributed by atoms with Crippen LogP contribution in [0.15, 0.2) is 6.20 Å². The Morgan fingerprint density at radius 3 is 3.10 bits per heavy atom. The fourth-order valence-electron chi connectivity index (χ4n) is 2.93. The van der Waals surface area contributed by atoms with Crippen molar-refractivity contribution in [2.24, 2.45) is 0 Å². The van der Waals surface area contributed by atoms with E-state index in [1.165, 1.54) is 6.20 Å². The molecule has 9 nitrogen and oxygen atoms in total. The predicted molar refractivity (Wildman–Crippen MR) is 68.5 cm³/mol. The Balaban J connectivity index is 1.92. The quantitative estimate of drug-likeness (QED) is 0.490. The maximum Gasteiger partial charge on any atom is 0.381 e. The van der Waals surface area contributed by atoms with E-state index in [-0.39, 0.29) is 24.4 Å². The number of fused-ring (bicyclic) bond motifs is 2. The van der Waals surface area contributed by atoms with Crippen LogP contribution in [0.25, 0.3) is 0 Å². The van der Waals surface area contributed by atoms with Crippen LogP contribution in [0.2, 0.25) is 0 Å². The number of aryl methyl sites for hydroxylation is 1. The molecule has 0 aromatic carbocycles. The van der Waals surface area contributed by atoms with Gasteiger partial charge >= 0.3 is 5.82 Å². The van der Waals surface area contributed by atoms with Crippen molar-refractivity contribution in [3.8, 4) is 0 Å². The molecular formula is C12H17N3O6. The van der Waals surface area contributed by atoms with E-state index in [4.69, 9.17) is 14.2 Å². The number of aliphatic hydroxyl groups is 1. The summed E-state index contributed by atoms with van der Waals surface area (Å²) in [6.07, 6.45) is 0.472. The molecule has 0 aliphatic carbocycles. The number of hydrogen-bond donors (Lipinski definition) is 1. The second-order valence-corrected chi connectivity index (χ2v) is 5.20. The normalized spacial score (nSPS) is 35.1. The molecule has 0 saturated carbocycles. The number of aromatic nitrogens is 2. The Hall–Kier alpha value is -1.55. The molecule has 0 radical (unpaired) electrons. The maximum atomic E-state index is 10.8. The van der Waals surface area contributed by atoms with Gasteiger partial charge in [0.25, 0.3) is 0 Å². The molecule has 1 N–H and O–H groups in total. The topological polar surface area (TPSA) is 109 Å². The zero-order valence-electron chi connectivity index (χ0n) is 11.8. The number of nitrogens with zero attached hydrogens (tertiary/aromatic N) is 3. The molecular weight excluding hydrogens is 282 g/mol. The first kappa shape index (κ1) is 14.4. The summed E-state index contributed by atoms with van der Waals surface area (Å²) in [5.74, 6) is -1.30. The Bertz CT molecular complexity index is 561. The van der Waals surface area contributed by atoms with Crippen LogP contribution in [-0.2, 0) is 14.2 Å². The van der Waals surface area contributed by atoms with E-state index in [9.17, 15) is 15.2 Å². The molecule has 3 rings (SSSR count). The minimum Gasteiger partial charge on any atom is -0.361 e. The molecule has 0 amide bonds. The van der Waals surface area contributed by atoms with Crippen molar-refractivity contribution in [1.29, 1.82) is 0 Å². The van der Waals surface area contributed by atoms with Gasteiger partial charge in [-0.25, -0.2) is 0 Å². The highest BCUT2D eigenvalue weighted by Gasteiger charge is 2.55. The van der Waals surface area contributed by atoms with Crippen molar-refractivity contribution in [1.82, 2.24) is 9.55 Å². The Kier molecular flexibility index (Phi) is 3.44. The average Bonchev–Trinajstić information content (AvgIpc) is 3.01. The van der Waals surface area contributed by atoms with Crippen LogP contribution in [0.4, 0.5) is 5.82 Å². The Morgan fingerprint density at radius 1 is 1.71 bits per heavy atom. The molecule has 2 bridgehead atoms. The van der Waals surface area contributed by atoms with Gasteiger partial charge < -0.3 is 34.0 Å². The van der Waals surface area contributed by atoms with E-state index < -0.39 is 17.0 Å². The van der Waals surface area contributed by atoms with Gasteiger partial charge in [-0.3, -0.25) is 0 Å². The molecule has 0 unspecified atom stereocenters. The summed E-state index contributed by atoms with van der Waals surface area (Å²) in [7, 11) is 0. The minimum absolute atomic E-state index is 0.227. The molecule has 2 aliphatic heterocycles. The van der Waals surface area contributed by atoms with Gasteiger partial charge in [0.2, 0.25) is 17.9 Å². The fraction of sp³-hybridized carbons (Fsp3) is 0.750. The lowest BCUT2D eigenvalue weighted by Gasteiger charge is -2.39. The third kappa shape index (κ3) is 2.31. The van der Waals surface area contributed by atoms with Crippen LogP contribution >= 0.6 is 0 Å². The van der Waals surface area contributed by atoms with Crippen LogP contribution in [0.1, 0.15) is 25.2 Å². The summed E-state index contributed by atoms with van der Waals surface area (Å²) in [6.45, 7) is 4.05. The molecule has 2 aliphatic rings. The van der Waals surface area contributed by atoms with Gasteiger partial charge in [-0.2, -0.15) is 0 Å². The van der Waals surface area contributed by atoms with Crippen molar-refractivity contribution >= 4 is 5.82 Å². The number of hydrogen-bond acceptors (Lipinski definition) is 7. The average molecular weight is 299 g/mol. The molecule has 9 heteroatoms. The minimum atomic E-state index is -1.56. The monoisotopic (exact) mass is 299 g/mol. The van der Waals surface area contributed by atoms with Gasteiger partial charge in [0.1, 0.15) is 12.3 Å². The number of nitro groups is 1. The smallest absolute Gasteiger partial charge is 0.361 e. The maximum absolute atomic E-state index is 10.8. The largest absolute Gasteiger partial charge is 0.381 e. The van der Waals surface area contributed by atoms with E-state index in [1.807, 2.05) is 0 Å². The summed E-state index contributed by atoms with van der Waals surface area (Å²) in [4.78, 5) is 14.2. The standard InChI is InChI=1S/C12H17N3O6/c1-3-20-12(16)4-8(9-6-19-11(12)21-9)14-5-10(15(17)18)13-7(14)2/h5,8-9,11,16H,3-4,6H2,1-2H3/t8-,9-,11+,12-/m1/s1. The molecule has 0 spiro atoms. The summed E-state index contributed by atoms with van der Waals surface area (Å²) < 4.78 is 18.1. The van der Waals surface area contributed by atoms with Gasteiger partial charge in [-0.05, 0) is 16.8 Å². The van der Waals surface area contributed by atoms with Crippen molar-refractivity contribution in [3.63, 3.8) is 0 Å². The van der Waals surface area contributed by atoms with Crippen LogP contribution in [0, 0.1) is 17.0 Å². The first-order valence-corrected chi connectivity index (χ1v) is 6.78. The molecule has 1 aromatic rings. The van der Waals surface area contributed by atoms with Crippen molar-refractivity contribution in [2.45, 2.75) is 44.5 Å². The van der Waals surface area contributed by atoms with E-state index in [0.717, 1.165) is 0 Å². The molecule has 21 heavy (non-hydrogen) atoms. The highest BCUT2D eigenvalue weighted by molar-refractivity contribution is 5.18. The zero-order chi connectivity index (χ0) is 15.2. The van der Waals surface area contributed by atoms with Gasteiger partial charge in [0, 0.05) is 20.0 Å². The molecule has 2 fully saturated rings. The highest BCUT2D eigenvalue weighted by Crippen LogP contribution is 2.42.